The molecule has 0 heterocycles. The van der Waals surface area contributed by atoms with E-state index >= 15 is 0 Å². The largest absolute Gasteiger partial charge is 0.446 e. The number of hydrogen-bond acceptors (Lipinski definition) is 4. The first-order chi connectivity index (χ1) is 13.6. The van der Waals surface area contributed by atoms with E-state index in [1.54, 1.807) is 66.7 Å². The molecule has 0 aromatic heterocycles. The van der Waals surface area contributed by atoms with Gasteiger partial charge in [-0.3, -0.25) is 4.79 Å². The number of hydrogen-bond donors (Lipinski definition) is 1. The van der Waals surface area contributed by atoms with Crippen molar-refractivity contribution in [3.05, 3.63) is 94.5 Å². The molecule has 0 saturated heterocycles. The number of carbonyl (C=O) groups is 1. The number of benzene rings is 3. The number of rotatable bonds is 7. The third kappa shape index (κ3) is 5.49. The standard InChI is InChI=1S/C21H16Cl2N2O3/c22-18-13-7-8-15(19(18)23)14-24-25-20(26)21(27-16-9-3-1-4-10-16)28-17-11-5-2-6-12-17/h1-14,21H,(H,25,26)/b24-14+. The molecule has 7 heteroatoms. The van der Waals surface area contributed by atoms with Crippen LogP contribution in [0.1, 0.15) is 5.56 Å². The average Bonchev–Trinajstić information content (AvgIpc) is 2.72. The normalized spacial score (nSPS) is 10.8. The number of ether oxygens (including phenoxy) is 2. The minimum Gasteiger partial charge on any atom is -0.446 e. The van der Waals surface area contributed by atoms with Gasteiger partial charge in [-0.2, -0.15) is 5.10 Å². The molecule has 0 aliphatic heterocycles. The molecular formula is C21H16Cl2N2O3. The van der Waals surface area contributed by atoms with Crippen LogP contribution >= 0.6 is 23.2 Å². The van der Waals surface area contributed by atoms with E-state index in [4.69, 9.17) is 32.7 Å². The molecule has 28 heavy (non-hydrogen) atoms. The van der Waals surface area contributed by atoms with Crippen molar-refractivity contribution in [3.8, 4) is 11.5 Å². The Morgan fingerprint density at radius 2 is 1.43 bits per heavy atom. The number of halogens is 2. The highest BCUT2D eigenvalue weighted by atomic mass is 35.5. The van der Waals surface area contributed by atoms with E-state index < -0.39 is 12.2 Å². The van der Waals surface area contributed by atoms with Gasteiger partial charge in [-0.25, -0.2) is 5.43 Å². The fourth-order valence-corrected chi connectivity index (χ4v) is 2.57. The van der Waals surface area contributed by atoms with Gasteiger partial charge in [-0.15, -0.1) is 0 Å². The number of para-hydroxylation sites is 2. The predicted octanol–water partition coefficient (Wildman–Crippen LogP) is 4.93. The van der Waals surface area contributed by atoms with Crippen molar-refractivity contribution in [2.24, 2.45) is 5.10 Å². The summed E-state index contributed by atoms with van der Waals surface area (Å²) in [6.45, 7) is 0. The van der Waals surface area contributed by atoms with E-state index in [1.165, 1.54) is 6.21 Å². The molecule has 0 aliphatic carbocycles. The highest BCUT2D eigenvalue weighted by Gasteiger charge is 2.22. The molecule has 0 bridgehead atoms. The summed E-state index contributed by atoms with van der Waals surface area (Å²) in [4.78, 5) is 12.6. The zero-order valence-electron chi connectivity index (χ0n) is 14.6. The minimum atomic E-state index is -1.24. The fourth-order valence-electron chi connectivity index (χ4n) is 2.21. The number of amides is 1. The molecular weight excluding hydrogens is 399 g/mol. The molecule has 142 valence electrons. The van der Waals surface area contributed by atoms with Gasteiger partial charge in [0.15, 0.2) is 0 Å². The zero-order chi connectivity index (χ0) is 19.8. The summed E-state index contributed by atoms with van der Waals surface area (Å²) in [5, 5.41) is 4.66. The first-order valence-electron chi connectivity index (χ1n) is 8.34. The molecule has 0 spiro atoms. The van der Waals surface area contributed by atoms with Crippen LogP contribution < -0.4 is 14.9 Å². The number of carbonyl (C=O) groups excluding carboxylic acids is 1. The van der Waals surface area contributed by atoms with Gasteiger partial charge in [0.1, 0.15) is 11.5 Å². The Labute approximate surface area is 172 Å². The highest BCUT2D eigenvalue weighted by molar-refractivity contribution is 6.43. The van der Waals surface area contributed by atoms with E-state index in [9.17, 15) is 4.79 Å². The van der Waals surface area contributed by atoms with Crippen LogP contribution in [0.4, 0.5) is 0 Å². The minimum absolute atomic E-state index is 0.347. The smallest absolute Gasteiger partial charge is 0.323 e. The van der Waals surface area contributed by atoms with Gasteiger partial charge in [-0.1, -0.05) is 71.7 Å². The van der Waals surface area contributed by atoms with Crippen LogP contribution in [0.25, 0.3) is 0 Å². The molecule has 0 fully saturated rings. The molecule has 3 rings (SSSR count). The average molecular weight is 415 g/mol. The van der Waals surface area contributed by atoms with Crippen molar-refractivity contribution in [1.82, 2.24) is 5.43 Å². The Bertz CT molecular complexity index is 909. The third-order valence-corrected chi connectivity index (χ3v) is 4.38. The second kappa shape index (κ2) is 9.78. The monoisotopic (exact) mass is 414 g/mol. The molecule has 3 aromatic carbocycles. The second-order valence-corrected chi connectivity index (χ2v) is 6.36. The fraction of sp³-hybridized carbons (Fsp3) is 0.0476. The summed E-state index contributed by atoms with van der Waals surface area (Å²) in [6, 6.07) is 22.9. The summed E-state index contributed by atoms with van der Waals surface area (Å²) in [7, 11) is 0. The van der Waals surface area contributed by atoms with Gasteiger partial charge < -0.3 is 9.47 Å². The van der Waals surface area contributed by atoms with Crippen molar-refractivity contribution in [3.63, 3.8) is 0 Å². The lowest BCUT2D eigenvalue weighted by atomic mass is 10.2. The van der Waals surface area contributed by atoms with Crippen LogP contribution in [0.15, 0.2) is 84.0 Å². The van der Waals surface area contributed by atoms with Crippen LogP contribution in [0.3, 0.4) is 0 Å². The molecule has 0 aliphatic rings. The first kappa shape index (κ1) is 19.7. The maximum atomic E-state index is 12.6. The van der Waals surface area contributed by atoms with Crippen LogP contribution in [-0.2, 0) is 4.79 Å². The topological polar surface area (TPSA) is 59.9 Å². The SMILES string of the molecule is O=C(N/N=C/c1cccc(Cl)c1Cl)C(Oc1ccccc1)Oc1ccccc1. The molecule has 0 saturated carbocycles. The molecule has 5 nitrogen and oxygen atoms in total. The Kier molecular flexibility index (Phi) is 6.89. The lowest BCUT2D eigenvalue weighted by molar-refractivity contribution is -0.140. The van der Waals surface area contributed by atoms with Crippen molar-refractivity contribution >= 4 is 35.3 Å². The van der Waals surface area contributed by atoms with E-state index in [1.807, 2.05) is 12.1 Å². The van der Waals surface area contributed by atoms with Crippen LogP contribution in [-0.4, -0.2) is 18.4 Å². The Hall–Kier alpha value is -3.02. The van der Waals surface area contributed by atoms with Gasteiger partial charge in [-0.05, 0) is 30.3 Å². The molecule has 1 amide bonds. The van der Waals surface area contributed by atoms with Crippen molar-refractivity contribution in [2.75, 3.05) is 0 Å². The van der Waals surface area contributed by atoms with Gasteiger partial charge in [0, 0.05) is 5.56 Å². The summed E-state index contributed by atoms with van der Waals surface area (Å²) < 4.78 is 11.3. The number of nitrogens with one attached hydrogen (secondary N) is 1. The Morgan fingerprint density at radius 3 is 2.00 bits per heavy atom. The van der Waals surface area contributed by atoms with Crippen molar-refractivity contribution < 1.29 is 14.3 Å². The predicted molar refractivity (Wildman–Crippen MR) is 110 cm³/mol. The van der Waals surface area contributed by atoms with Gasteiger partial charge >= 0.3 is 12.2 Å². The summed E-state index contributed by atoms with van der Waals surface area (Å²) in [5.41, 5.74) is 2.97. The first-order valence-corrected chi connectivity index (χ1v) is 9.09. The Balaban J connectivity index is 1.72. The summed E-state index contributed by atoms with van der Waals surface area (Å²) in [5.74, 6) is 0.392. The quantitative estimate of drug-likeness (QED) is 0.338. The summed E-state index contributed by atoms with van der Waals surface area (Å²) >= 11 is 12.1. The van der Waals surface area contributed by atoms with Crippen LogP contribution in [0.5, 0.6) is 11.5 Å². The molecule has 0 unspecified atom stereocenters. The zero-order valence-corrected chi connectivity index (χ0v) is 16.1. The van der Waals surface area contributed by atoms with Gasteiger partial charge in [0.2, 0.25) is 0 Å². The molecule has 3 aromatic rings. The van der Waals surface area contributed by atoms with E-state index in [-0.39, 0.29) is 0 Å². The summed E-state index contributed by atoms with van der Waals surface area (Å²) in [6.07, 6.45) is 0.158. The van der Waals surface area contributed by atoms with Crippen molar-refractivity contribution in [1.29, 1.82) is 0 Å². The lowest BCUT2D eigenvalue weighted by Crippen LogP contribution is -2.40. The molecule has 0 atom stereocenters. The van der Waals surface area contributed by atoms with Crippen LogP contribution in [0, 0.1) is 0 Å². The highest BCUT2D eigenvalue weighted by Crippen LogP contribution is 2.24. The Morgan fingerprint density at radius 1 is 0.857 bits per heavy atom. The molecule has 1 N–H and O–H groups in total. The van der Waals surface area contributed by atoms with Crippen molar-refractivity contribution in [2.45, 2.75) is 6.29 Å². The number of hydrazone groups is 1. The maximum Gasteiger partial charge on any atom is 0.323 e. The second-order valence-electron chi connectivity index (χ2n) is 5.57. The lowest BCUT2D eigenvalue weighted by Gasteiger charge is -2.18. The maximum absolute atomic E-state index is 12.6. The van der Waals surface area contributed by atoms with E-state index in [0.717, 1.165) is 0 Å². The van der Waals surface area contributed by atoms with Gasteiger partial charge in [0.25, 0.3) is 0 Å². The van der Waals surface area contributed by atoms with Crippen LogP contribution in [0.2, 0.25) is 10.0 Å². The van der Waals surface area contributed by atoms with E-state index in [0.29, 0.717) is 27.1 Å². The third-order valence-electron chi connectivity index (χ3n) is 3.55. The number of nitrogens with zero attached hydrogens (tertiary/aromatic N) is 1. The van der Waals surface area contributed by atoms with Gasteiger partial charge in [0.05, 0.1) is 16.3 Å². The van der Waals surface area contributed by atoms with E-state index in [2.05, 4.69) is 10.5 Å². The molecule has 0 radical (unpaired) electrons.